The maximum absolute atomic E-state index is 12.7. The zero-order valence-corrected chi connectivity index (χ0v) is 16.7. The number of hydrogen-bond donors (Lipinski definition) is 1. The van der Waals surface area contributed by atoms with Gasteiger partial charge in [-0.25, -0.2) is 4.79 Å². The Balaban J connectivity index is 2.28. The summed E-state index contributed by atoms with van der Waals surface area (Å²) in [5.41, 5.74) is 4.63. The summed E-state index contributed by atoms with van der Waals surface area (Å²) in [6.45, 7) is 10.7. The molecule has 0 amide bonds. The second kappa shape index (κ2) is 7.10. The van der Waals surface area contributed by atoms with Gasteiger partial charge in [-0.2, -0.15) is 0 Å². The van der Waals surface area contributed by atoms with Crippen LogP contribution in [-0.4, -0.2) is 22.2 Å². The van der Waals surface area contributed by atoms with E-state index < -0.39 is 0 Å². The summed E-state index contributed by atoms with van der Waals surface area (Å²) < 4.78 is 7.39. The van der Waals surface area contributed by atoms with Gasteiger partial charge >= 0.3 is 5.97 Å². The van der Waals surface area contributed by atoms with Gasteiger partial charge in [-0.15, -0.1) is 0 Å². The number of carbonyl (C=O) groups excluding carboxylic acids is 1. The molecule has 1 heterocycles. The van der Waals surface area contributed by atoms with E-state index in [0.29, 0.717) is 24.0 Å². The molecule has 0 radical (unpaired) electrons. The Morgan fingerprint density at radius 3 is 2.30 bits per heavy atom. The van der Waals surface area contributed by atoms with Crippen LogP contribution in [0.25, 0.3) is 16.6 Å². The summed E-state index contributed by atoms with van der Waals surface area (Å²) in [7, 11) is 0. The lowest BCUT2D eigenvalue weighted by Gasteiger charge is -2.20. The molecule has 0 fully saturated rings. The zero-order valence-electron chi connectivity index (χ0n) is 16.7. The molecular weight excluding hydrogens is 338 g/mol. The molecule has 0 bridgehead atoms. The van der Waals surface area contributed by atoms with Gasteiger partial charge in [0.1, 0.15) is 5.75 Å². The van der Waals surface area contributed by atoms with E-state index >= 15 is 0 Å². The van der Waals surface area contributed by atoms with Gasteiger partial charge in [0.25, 0.3) is 0 Å². The van der Waals surface area contributed by atoms with Crippen molar-refractivity contribution in [2.75, 3.05) is 6.61 Å². The van der Waals surface area contributed by atoms with Gasteiger partial charge in [0.05, 0.1) is 17.7 Å². The third-order valence-corrected chi connectivity index (χ3v) is 4.85. The summed E-state index contributed by atoms with van der Waals surface area (Å²) in [6, 6.07) is 13.6. The minimum atomic E-state index is -0.352. The van der Waals surface area contributed by atoms with E-state index in [4.69, 9.17) is 4.74 Å². The first-order valence-electron chi connectivity index (χ1n) is 9.42. The van der Waals surface area contributed by atoms with Crippen molar-refractivity contribution in [3.05, 3.63) is 59.3 Å². The number of fused-ring (bicyclic) bond motifs is 1. The number of rotatable bonds is 4. The average Bonchev–Trinajstić information content (AvgIpc) is 2.94. The molecule has 0 aliphatic rings. The molecule has 0 unspecified atom stereocenters. The van der Waals surface area contributed by atoms with Crippen molar-refractivity contribution < 1.29 is 14.6 Å². The van der Waals surface area contributed by atoms with Crippen LogP contribution in [0.15, 0.2) is 42.5 Å². The quantitative estimate of drug-likeness (QED) is 0.632. The van der Waals surface area contributed by atoms with Crippen molar-refractivity contribution in [2.24, 2.45) is 0 Å². The number of nitrogens with zero attached hydrogens (tertiary/aromatic N) is 1. The fraction of sp³-hybridized carbons (Fsp3) is 0.348. The minimum Gasteiger partial charge on any atom is -0.508 e. The van der Waals surface area contributed by atoms with Crippen LogP contribution in [-0.2, 0) is 16.6 Å². The van der Waals surface area contributed by atoms with E-state index in [9.17, 15) is 9.90 Å². The molecule has 0 saturated carbocycles. The topological polar surface area (TPSA) is 51.5 Å². The minimum absolute atomic E-state index is 0.0761. The van der Waals surface area contributed by atoms with Crippen LogP contribution < -0.4 is 0 Å². The van der Waals surface area contributed by atoms with E-state index in [1.807, 2.05) is 13.0 Å². The van der Waals surface area contributed by atoms with Crippen LogP contribution in [0.4, 0.5) is 0 Å². The summed E-state index contributed by atoms with van der Waals surface area (Å²) >= 11 is 0. The van der Waals surface area contributed by atoms with Gasteiger partial charge in [0.2, 0.25) is 0 Å². The smallest absolute Gasteiger partial charge is 0.340 e. The molecule has 0 aliphatic heterocycles. The molecule has 0 spiro atoms. The Morgan fingerprint density at radius 2 is 1.74 bits per heavy atom. The number of phenols is 1. The Hall–Kier alpha value is -2.75. The lowest BCUT2D eigenvalue weighted by atomic mass is 9.87. The van der Waals surface area contributed by atoms with Gasteiger partial charge in [0.15, 0.2) is 0 Å². The van der Waals surface area contributed by atoms with Crippen LogP contribution in [0.3, 0.4) is 0 Å². The fourth-order valence-corrected chi connectivity index (χ4v) is 3.50. The number of phenolic OH excluding ortho intramolecular Hbond substituents is 1. The lowest BCUT2D eigenvalue weighted by molar-refractivity contribution is 0.0527. The highest BCUT2D eigenvalue weighted by Gasteiger charge is 2.24. The molecule has 4 heteroatoms. The zero-order chi connectivity index (χ0) is 19.8. The molecule has 0 aliphatic carbocycles. The Bertz CT molecular complexity index is 976. The SMILES string of the molecule is CCOC(=O)c1c(CC)n(-c2ccc(C(C)(C)C)cc2)c2ccc(O)cc12. The number of hydrogen-bond acceptors (Lipinski definition) is 3. The highest BCUT2D eigenvalue weighted by atomic mass is 16.5. The molecule has 3 aromatic rings. The van der Waals surface area contributed by atoms with E-state index in [-0.39, 0.29) is 17.1 Å². The maximum Gasteiger partial charge on any atom is 0.340 e. The van der Waals surface area contributed by atoms with Crippen LogP contribution in [0.5, 0.6) is 5.75 Å². The van der Waals surface area contributed by atoms with Crippen molar-refractivity contribution >= 4 is 16.9 Å². The monoisotopic (exact) mass is 365 g/mol. The highest BCUT2D eigenvalue weighted by Crippen LogP contribution is 2.33. The number of benzene rings is 2. The Morgan fingerprint density at radius 1 is 1.07 bits per heavy atom. The number of esters is 1. The van der Waals surface area contributed by atoms with Crippen LogP contribution in [0.2, 0.25) is 0 Å². The lowest BCUT2D eigenvalue weighted by Crippen LogP contribution is -2.11. The van der Waals surface area contributed by atoms with Crippen LogP contribution in [0.1, 0.15) is 56.2 Å². The number of ether oxygens (including phenoxy) is 1. The third kappa shape index (κ3) is 3.44. The molecule has 0 saturated heterocycles. The number of carbonyl (C=O) groups is 1. The highest BCUT2D eigenvalue weighted by molar-refractivity contribution is 6.07. The van der Waals surface area contributed by atoms with E-state index in [0.717, 1.165) is 16.9 Å². The molecule has 0 atom stereocenters. The molecule has 1 aromatic heterocycles. The van der Waals surface area contributed by atoms with Gasteiger partial charge < -0.3 is 14.4 Å². The Kier molecular flexibility index (Phi) is 5.01. The van der Waals surface area contributed by atoms with Crippen molar-refractivity contribution in [1.29, 1.82) is 0 Å². The van der Waals surface area contributed by atoms with Crippen molar-refractivity contribution in [2.45, 2.75) is 46.5 Å². The first-order valence-corrected chi connectivity index (χ1v) is 9.42. The summed E-state index contributed by atoms with van der Waals surface area (Å²) in [5.74, 6) is -0.217. The second-order valence-electron chi connectivity index (χ2n) is 7.73. The molecular formula is C23H27NO3. The van der Waals surface area contributed by atoms with Gasteiger partial charge in [-0.1, -0.05) is 39.8 Å². The van der Waals surface area contributed by atoms with Gasteiger partial charge in [0, 0.05) is 16.8 Å². The molecule has 2 aromatic carbocycles. The predicted octanol–water partition coefficient (Wildman–Crippen LogP) is 5.37. The normalized spacial score (nSPS) is 11.7. The van der Waals surface area contributed by atoms with Gasteiger partial charge in [-0.05, 0) is 54.7 Å². The Labute approximate surface area is 160 Å². The second-order valence-corrected chi connectivity index (χ2v) is 7.73. The van der Waals surface area contributed by atoms with E-state index in [2.05, 4.69) is 49.6 Å². The summed E-state index contributed by atoms with van der Waals surface area (Å²) in [6.07, 6.45) is 0.671. The summed E-state index contributed by atoms with van der Waals surface area (Å²) in [5, 5.41) is 10.7. The van der Waals surface area contributed by atoms with Gasteiger partial charge in [-0.3, -0.25) is 0 Å². The van der Waals surface area contributed by atoms with E-state index in [1.165, 1.54) is 5.56 Å². The maximum atomic E-state index is 12.7. The fourth-order valence-electron chi connectivity index (χ4n) is 3.50. The molecule has 3 rings (SSSR count). The predicted molar refractivity (Wildman–Crippen MR) is 109 cm³/mol. The van der Waals surface area contributed by atoms with E-state index in [1.54, 1.807) is 19.1 Å². The molecule has 4 nitrogen and oxygen atoms in total. The number of aromatic hydroxyl groups is 1. The first kappa shape index (κ1) is 19.0. The average molecular weight is 365 g/mol. The molecule has 142 valence electrons. The van der Waals surface area contributed by atoms with Crippen molar-refractivity contribution in [3.8, 4) is 11.4 Å². The number of aromatic nitrogens is 1. The van der Waals surface area contributed by atoms with Crippen molar-refractivity contribution in [3.63, 3.8) is 0 Å². The van der Waals surface area contributed by atoms with Crippen LogP contribution >= 0.6 is 0 Å². The first-order chi connectivity index (χ1) is 12.8. The molecule has 27 heavy (non-hydrogen) atoms. The summed E-state index contributed by atoms with van der Waals surface area (Å²) in [4.78, 5) is 12.7. The standard InChI is InChI=1S/C23H27NO3/c1-6-19-21(22(26)27-7-2)18-14-17(25)12-13-20(18)24(19)16-10-8-15(9-11-16)23(3,4)5/h8-14,25H,6-7H2,1-5H3. The van der Waals surface area contributed by atoms with Crippen molar-refractivity contribution in [1.82, 2.24) is 4.57 Å². The largest absolute Gasteiger partial charge is 0.508 e. The third-order valence-electron chi connectivity index (χ3n) is 4.85. The van der Waals surface area contributed by atoms with Crippen LogP contribution in [0, 0.1) is 0 Å². The molecule has 1 N–H and O–H groups in total.